The third kappa shape index (κ3) is 3.68. The van der Waals surface area contributed by atoms with Crippen LogP contribution in [0.4, 0.5) is 0 Å². The van der Waals surface area contributed by atoms with E-state index in [4.69, 9.17) is 11.6 Å². The highest BCUT2D eigenvalue weighted by Gasteiger charge is 2.15. The van der Waals surface area contributed by atoms with E-state index >= 15 is 0 Å². The summed E-state index contributed by atoms with van der Waals surface area (Å²) in [5.41, 5.74) is 3.10. The Hall–Kier alpha value is -2.44. The third-order valence-corrected chi connectivity index (χ3v) is 5.60. The normalized spacial score (nSPS) is 11.2. The molecule has 3 heterocycles. The molecule has 7 heteroatoms. The van der Waals surface area contributed by atoms with Crippen LogP contribution in [-0.2, 0) is 12.3 Å². The molecule has 4 rings (SSSR count). The summed E-state index contributed by atoms with van der Waals surface area (Å²) in [5, 5.41) is 11.5. The number of hydrogen-bond acceptors (Lipinski definition) is 5. The van der Waals surface area contributed by atoms with E-state index in [2.05, 4.69) is 31.7 Å². The van der Waals surface area contributed by atoms with Crippen LogP contribution in [0.15, 0.2) is 60.1 Å². The van der Waals surface area contributed by atoms with Crippen molar-refractivity contribution in [3.8, 4) is 11.4 Å². The van der Waals surface area contributed by atoms with Gasteiger partial charge in [0.15, 0.2) is 11.0 Å². The van der Waals surface area contributed by atoms with Crippen molar-refractivity contribution >= 4 is 34.3 Å². The molecule has 0 spiro atoms. The van der Waals surface area contributed by atoms with Crippen LogP contribution in [0.2, 0.25) is 5.02 Å². The lowest BCUT2D eigenvalue weighted by molar-refractivity contribution is 0.626. The monoisotopic (exact) mass is 395 g/mol. The van der Waals surface area contributed by atoms with Gasteiger partial charge in [-0.1, -0.05) is 36.4 Å². The molecule has 0 radical (unpaired) electrons. The van der Waals surface area contributed by atoms with Gasteiger partial charge < -0.3 is 4.57 Å². The van der Waals surface area contributed by atoms with Crippen LogP contribution in [0.25, 0.3) is 22.3 Å². The fourth-order valence-corrected chi connectivity index (χ4v) is 4.16. The quantitative estimate of drug-likeness (QED) is 0.417. The van der Waals surface area contributed by atoms with E-state index in [1.54, 1.807) is 30.4 Å². The van der Waals surface area contributed by atoms with Gasteiger partial charge in [-0.25, -0.2) is 0 Å². The highest BCUT2D eigenvalue weighted by atomic mass is 35.5. The summed E-state index contributed by atoms with van der Waals surface area (Å²) in [6.07, 6.45) is 6.36. The Morgan fingerprint density at radius 1 is 1.04 bits per heavy atom. The minimum Gasteiger partial charge on any atom is -0.302 e. The predicted molar refractivity (Wildman–Crippen MR) is 110 cm³/mol. The van der Waals surface area contributed by atoms with Crippen LogP contribution in [0.1, 0.15) is 18.9 Å². The summed E-state index contributed by atoms with van der Waals surface area (Å²) >= 11 is 7.97. The molecule has 5 nitrogen and oxygen atoms in total. The summed E-state index contributed by atoms with van der Waals surface area (Å²) in [4.78, 5) is 8.60. The van der Waals surface area contributed by atoms with Crippen molar-refractivity contribution < 1.29 is 0 Å². The van der Waals surface area contributed by atoms with Gasteiger partial charge in [0, 0.05) is 46.9 Å². The summed E-state index contributed by atoms with van der Waals surface area (Å²) in [5.74, 6) is 1.63. The van der Waals surface area contributed by atoms with E-state index in [1.165, 1.54) is 0 Å². The zero-order valence-corrected chi connectivity index (χ0v) is 16.4. The molecule has 0 aliphatic heterocycles. The SMILES string of the molecule is CCCn1c(SCc2ccc(Cl)c3cccnc23)nnc1-c1ccncc1. The summed E-state index contributed by atoms with van der Waals surface area (Å²) in [7, 11) is 0. The molecule has 0 aliphatic rings. The van der Waals surface area contributed by atoms with Gasteiger partial charge in [-0.3, -0.25) is 9.97 Å². The summed E-state index contributed by atoms with van der Waals surface area (Å²) in [6, 6.07) is 11.8. The van der Waals surface area contributed by atoms with Gasteiger partial charge in [-0.2, -0.15) is 0 Å². The maximum absolute atomic E-state index is 6.31. The van der Waals surface area contributed by atoms with Crippen molar-refractivity contribution in [1.82, 2.24) is 24.7 Å². The number of rotatable bonds is 6. The lowest BCUT2D eigenvalue weighted by atomic mass is 10.1. The second kappa shape index (κ2) is 8.06. The van der Waals surface area contributed by atoms with Crippen molar-refractivity contribution in [2.45, 2.75) is 30.8 Å². The molecule has 0 amide bonds. The fourth-order valence-electron chi connectivity index (χ4n) is 2.99. The maximum atomic E-state index is 6.31. The minimum atomic E-state index is 0.723. The smallest absolute Gasteiger partial charge is 0.191 e. The maximum Gasteiger partial charge on any atom is 0.191 e. The Morgan fingerprint density at radius 3 is 2.70 bits per heavy atom. The average molecular weight is 396 g/mol. The van der Waals surface area contributed by atoms with E-state index in [1.807, 2.05) is 36.4 Å². The molecular weight excluding hydrogens is 378 g/mol. The molecule has 0 saturated carbocycles. The molecule has 0 fully saturated rings. The molecule has 0 unspecified atom stereocenters. The molecule has 0 aliphatic carbocycles. The molecule has 136 valence electrons. The lowest BCUT2D eigenvalue weighted by Crippen LogP contribution is -2.02. The van der Waals surface area contributed by atoms with Gasteiger partial charge in [-0.15, -0.1) is 10.2 Å². The van der Waals surface area contributed by atoms with E-state index in [9.17, 15) is 0 Å². The summed E-state index contributed by atoms with van der Waals surface area (Å²) < 4.78 is 2.17. The lowest BCUT2D eigenvalue weighted by Gasteiger charge is -2.10. The number of benzene rings is 1. The van der Waals surface area contributed by atoms with E-state index in [0.717, 1.165) is 56.8 Å². The Labute approximate surface area is 166 Å². The predicted octanol–water partition coefficient (Wildman–Crippen LogP) is 5.24. The van der Waals surface area contributed by atoms with Crippen LogP contribution >= 0.6 is 23.4 Å². The Bertz CT molecular complexity index is 1060. The first-order chi connectivity index (χ1) is 13.3. The van der Waals surface area contributed by atoms with Crippen molar-refractivity contribution in [2.75, 3.05) is 0 Å². The number of aromatic nitrogens is 5. The topological polar surface area (TPSA) is 56.5 Å². The first-order valence-corrected chi connectivity index (χ1v) is 10.1. The molecule has 0 saturated heterocycles. The number of halogens is 1. The van der Waals surface area contributed by atoms with Crippen molar-refractivity contribution in [1.29, 1.82) is 0 Å². The van der Waals surface area contributed by atoms with Gasteiger partial charge in [0.25, 0.3) is 0 Å². The molecule has 3 aromatic heterocycles. The van der Waals surface area contributed by atoms with Gasteiger partial charge in [-0.05, 0) is 42.3 Å². The number of nitrogens with zero attached hydrogens (tertiary/aromatic N) is 5. The zero-order valence-electron chi connectivity index (χ0n) is 14.8. The number of thioether (sulfide) groups is 1. The third-order valence-electron chi connectivity index (χ3n) is 4.26. The van der Waals surface area contributed by atoms with Gasteiger partial charge in [0.2, 0.25) is 0 Å². The summed E-state index contributed by atoms with van der Waals surface area (Å²) in [6.45, 7) is 3.02. The van der Waals surface area contributed by atoms with Crippen molar-refractivity contribution in [3.63, 3.8) is 0 Å². The Morgan fingerprint density at radius 2 is 1.89 bits per heavy atom. The van der Waals surface area contributed by atoms with Gasteiger partial charge in [0.05, 0.1) is 5.52 Å². The van der Waals surface area contributed by atoms with Crippen LogP contribution in [0, 0.1) is 0 Å². The first kappa shape index (κ1) is 17.9. The van der Waals surface area contributed by atoms with Crippen LogP contribution in [0.3, 0.4) is 0 Å². The molecule has 1 aromatic carbocycles. The number of pyridine rings is 2. The van der Waals surface area contributed by atoms with Gasteiger partial charge in [0.1, 0.15) is 0 Å². The van der Waals surface area contributed by atoms with Crippen molar-refractivity contribution in [3.05, 3.63) is 65.6 Å². The van der Waals surface area contributed by atoms with Crippen LogP contribution < -0.4 is 0 Å². The highest BCUT2D eigenvalue weighted by molar-refractivity contribution is 7.98. The van der Waals surface area contributed by atoms with Crippen LogP contribution in [-0.4, -0.2) is 24.7 Å². The van der Waals surface area contributed by atoms with Crippen LogP contribution in [0.5, 0.6) is 0 Å². The highest BCUT2D eigenvalue weighted by Crippen LogP contribution is 2.31. The molecule has 0 N–H and O–H groups in total. The van der Waals surface area contributed by atoms with E-state index in [-0.39, 0.29) is 0 Å². The standard InChI is InChI=1S/C20H18ClN5S/c1-2-12-26-19(14-7-10-22-11-8-14)24-25-20(26)27-13-15-5-6-17(21)16-4-3-9-23-18(15)16/h3-11H,2,12-13H2,1H3. The Kier molecular flexibility index (Phi) is 5.36. The second-order valence-corrected chi connectivity index (χ2v) is 7.44. The fraction of sp³-hybridized carbons (Fsp3) is 0.200. The number of fused-ring (bicyclic) bond motifs is 1. The van der Waals surface area contributed by atoms with Crippen molar-refractivity contribution in [2.24, 2.45) is 0 Å². The zero-order chi connectivity index (χ0) is 18.6. The minimum absolute atomic E-state index is 0.723. The molecule has 0 bridgehead atoms. The van der Waals surface area contributed by atoms with Gasteiger partial charge >= 0.3 is 0 Å². The second-order valence-electron chi connectivity index (χ2n) is 6.09. The van der Waals surface area contributed by atoms with E-state index in [0.29, 0.717) is 0 Å². The molecule has 27 heavy (non-hydrogen) atoms. The average Bonchev–Trinajstić information content (AvgIpc) is 3.11. The first-order valence-electron chi connectivity index (χ1n) is 8.76. The molecular formula is C20H18ClN5S. The molecule has 4 aromatic rings. The number of hydrogen-bond donors (Lipinski definition) is 0. The largest absolute Gasteiger partial charge is 0.302 e. The van der Waals surface area contributed by atoms with E-state index < -0.39 is 0 Å². The molecule has 0 atom stereocenters. The Balaban J connectivity index is 1.64.